The van der Waals surface area contributed by atoms with Crippen molar-refractivity contribution in [1.82, 2.24) is 20.1 Å². The Hall–Kier alpha value is -1.99. The van der Waals surface area contributed by atoms with Crippen LogP contribution in [0.1, 0.15) is 29.0 Å². The average Bonchev–Trinajstić information content (AvgIpc) is 3.13. The highest BCUT2D eigenvalue weighted by molar-refractivity contribution is 9.10. The second-order valence-electron chi connectivity index (χ2n) is 4.74. The van der Waals surface area contributed by atoms with Crippen molar-refractivity contribution in [3.63, 3.8) is 0 Å². The molecule has 0 aliphatic carbocycles. The Kier molecular flexibility index (Phi) is 4.12. The Morgan fingerprint density at radius 1 is 1.29 bits per heavy atom. The van der Waals surface area contributed by atoms with Crippen molar-refractivity contribution in [3.8, 4) is 0 Å². The van der Waals surface area contributed by atoms with E-state index < -0.39 is 0 Å². The lowest BCUT2D eigenvalue weighted by Crippen LogP contribution is -2.14. The first kappa shape index (κ1) is 14.0. The van der Waals surface area contributed by atoms with E-state index in [0.717, 1.165) is 15.7 Å². The first-order valence-electron chi connectivity index (χ1n) is 6.50. The predicted molar refractivity (Wildman–Crippen MR) is 80.5 cm³/mol. The molecule has 0 amide bonds. The number of benzene rings is 1. The summed E-state index contributed by atoms with van der Waals surface area (Å²) in [6.07, 6.45) is 4.56. The molecule has 1 aromatic carbocycles. The number of nitrogens with one attached hydrogen (secondary N) is 1. The van der Waals surface area contributed by atoms with Crippen LogP contribution in [0.25, 0.3) is 0 Å². The van der Waals surface area contributed by atoms with E-state index in [1.54, 1.807) is 12.5 Å². The van der Waals surface area contributed by atoms with Crippen molar-refractivity contribution >= 4 is 15.9 Å². The summed E-state index contributed by atoms with van der Waals surface area (Å²) in [4.78, 5) is 11.3. The topological polar surface area (TPSA) is 93.6 Å². The van der Waals surface area contributed by atoms with Crippen LogP contribution < -0.4 is 5.73 Å². The number of hydrogen-bond donors (Lipinski definition) is 2. The minimum Gasteiger partial charge on any atom is -0.348 e. The number of nitrogens with two attached hydrogens (primary N) is 1. The maximum Gasteiger partial charge on any atom is 0.243 e. The summed E-state index contributed by atoms with van der Waals surface area (Å²) in [7, 11) is 0. The van der Waals surface area contributed by atoms with Crippen molar-refractivity contribution in [1.29, 1.82) is 0 Å². The normalized spacial score (nSPS) is 12.5. The largest absolute Gasteiger partial charge is 0.348 e. The number of aromatic amines is 1. The minimum atomic E-state index is -0.336. The quantitative estimate of drug-likeness (QED) is 0.738. The van der Waals surface area contributed by atoms with E-state index in [1.807, 2.05) is 24.3 Å². The van der Waals surface area contributed by atoms with Crippen LogP contribution in [0.2, 0.25) is 0 Å². The summed E-state index contributed by atoms with van der Waals surface area (Å²) in [5.41, 5.74) is 8.12. The Morgan fingerprint density at radius 2 is 2.10 bits per heavy atom. The zero-order valence-corrected chi connectivity index (χ0v) is 12.7. The van der Waals surface area contributed by atoms with Crippen LogP contribution in [0.3, 0.4) is 0 Å². The Bertz CT molecular complexity index is 692. The van der Waals surface area contributed by atoms with Crippen LogP contribution in [0.4, 0.5) is 0 Å². The summed E-state index contributed by atoms with van der Waals surface area (Å²) in [5, 5.41) is 3.98. The van der Waals surface area contributed by atoms with Gasteiger partial charge in [-0.05, 0) is 17.7 Å². The van der Waals surface area contributed by atoms with E-state index in [9.17, 15) is 0 Å². The van der Waals surface area contributed by atoms with E-state index in [0.29, 0.717) is 24.6 Å². The maximum atomic E-state index is 6.06. The molecule has 0 spiro atoms. The van der Waals surface area contributed by atoms with Gasteiger partial charge in [-0.3, -0.25) is 0 Å². The summed E-state index contributed by atoms with van der Waals surface area (Å²) in [6.45, 7) is 0. The van der Waals surface area contributed by atoms with E-state index in [-0.39, 0.29) is 6.04 Å². The van der Waals surface area contributed by atoms with Crippen molar-refractivity contribution < 1.29 is 4.52 Å². The number of aromatic nitrogens is 4. The maximum absolute atomic E-state index is 6.06. The van der Waals surface area contributed by atoms with Gasteiger partial charge in [-0.25, -0.2) is 4.98 Å². The number of imidazole rings is 1. The Labute approximate surface area is 129 Å². The molecule has 2 heterocycles. The third-order valence-corrected chi connectivity index (χ3v) is 3.60. The van der Waals surface area contributed by atoms with E-state index >= 15 is 0 Å². The number of H-pyrrole nitrogens is 1. The third kappa shape index (κ3) is 3.56. The lowest BCUT2D eigenvalue weighted by atomic mass is 10.1. The molecule has 0 unspecified atom stereocenters. The van der Waals surface area contributed by atoms with Crippen LogP contribution in [0.15, 0.2) is 45.8 Å². The molecule has 3 aromatic rings. The fourth-order valence-electron chi connectivity index (χ4n) is 2.00. The molecule has 0 bridgehead atoms. The van der Waals surface area contributed by atoms with Gasteiger partial charge in [0.25, 0.3) is 0 Å². The van der Waals surface area contributed by atoms with Crippen LogP contribution in [0, 0.1) is 0 Å². The van der Waals surface area contributed by atoms with Crippen molar-refractivity contribution in [2.45, 2.75) is 18.9 Å². The molecule has 21 heavy (non-hydrogen) atoms. The minimum absolute atomic E-state index is 0.336. The number of rotatable bonds is 5. The SMILES string of the molecule is N[C@H](Cc1cnc[nH]1)c1nc(Cc2ccc(Br)cc2)no1. The number of nitrogens with zero attached hydrogens (tertiary/aromatic N) is 3. The molecule has 7 heteroatoms. The molecule has 0 saturated carbocycles. The molecular formula is C14H14BrN5O. The van der Waals surface area contributed by atoms with Gasteiger partial charge in [0, 0.05) is 29.2 Å². The molecule has 0 fully saturated rings. The molecule has 3 N–H and O–H groups in total. The van der Waals surface area contributed by atoms with Gasteiger partial charge in [-0.15, -0.1) is 0 Å². The number of hydrogen-bond acceptors (Lipinski definition) is 5. The molecule has 0 aliphatic rings. The molecule has 0 saturated heterocycles. The second-order valence-corrected chi connectivity index (χ2v) is 5.66. The van der Waals surface area contributed by atoms with Gasteiger partial charge in [0.2, 0.25) is 5.89 Å². The number of halogens is 1. The third-order valence-electron chi connectivity index (χ3n) is 3.07. The van der Waals surface area contributed by atoms with Crippen LogP contribution in [0.5, 0.6) is 0 Å². The van der Waals surface area contributed by atoms with Gasteiger partial charge in [0.1, 0.15) is 0 Å². The predicted octanol–water partition coefficient (Wildman–Crippen LogP) is 2.39. The molecule has 108 valence electrons. The van der Waals surface area contributed by atoms with Gasteiger partial charge >= 0.3 is 0 Å². The van der Waals surface area contributed by atoms with E-state index in [1.165, 1.54) is 0 Å². The summed E-state index contributed by atoms with van der Waals surface area (Å²) < 4.78 is 6.28. The van der Waals surface area contributed by atoms with Crippen molar-refractivity contribution in [3.05, 3.63) is 64.2 Å². The van der Waals surface area contributed by atoms with E-state index in [4.69, 9.17) is 10.3 Å². The zero-order valence-electron chi connectivity index (χ0n) is 11.2. The van der Waals surface area contributed by atoms with Gasteiger partial charge in [-0.1, -0.05) is 33.2 Å². The first-order valence-corrected chi connectivity index (χ1v) is 7.30. The fourth-order valence-corrected chi connectivity index (χ4v) is 2.26. The van der Waals surface area contributed by atoms with Gasteiger partial charge in [-0.2, -0.15) is 4.98 Å². The van der Waals surface area contributed by atoms with Gasteiger partial charge in [0.15, 0.2) is 5.82 Å². The monoisotopic (exact) mass is 347 g/mol. The summed E-state index contributed by atoms with van der Waals surface area (Å²) in [6, 6.07) is 7.67. The second kappa shape index (κ2) is 6.19. The van der Waals surface area contributed by atoms with Crippen LogP contribution >= 0.6 is 15.9 Å². The lowest BCUT2D eigenvalue weighted by molar-refractivity contribution is 0.350. The fraction of sp³-hybridized carbons (Fsp3) is 0.214. The zero-order chi connectivity index (χ0) is 14.7. The molecule has 0 radical (unpaired) electrons. The summed E-state index contributed by atoms with van der Waals surface area (Å²) in [5.74, 6) is 1.07. The smallest absolute Gasteiger partial charge is 0.243 e. The van der Waals surface area contributed by atoms with Gasteiger partial charge in [0.05, 0.1) is 12.4 Å². The molecule has 1 atom stereocenters. The van der Waals surface area contributed by atoms with Crippen molar-refractivity contribution in [2.75, 3.05) is 0 Å². The lowest BCUT2D eigenvalue weighted by Gasteiger charge is -2.03. The highest BCUT2D eigenvalue weighted by atomic mass is 79.9. The van der Waals surface area contributed by atoms with Crippen molar-refractivity contribution in [2.24, 2.45) is 5.73 Å². The average molecular weight is 348 g/mol. The van der Waals surface area contributed by atoms with Gasteiger partial charge < -0.3 is 15.2 Å². The standard InChI is InChI=1S/C14H14BrN5O/c15-10-3-1-9(2-4-10)5-13-19-14(21-20-13)12(16)6-11-7-17-8-18-11/h1-4,7-8,12H,5-6,16H2,(H,17,18)/t12-/m1/s1. The summed E-state index contributed by atoms with van der Waals surface area (Å²) >= 11 is 3.41. The Morgan fingerprint density at radius 3 is 2.81 bits per heavy atom. The molecule has 0 aliphatic heterocycles. The molecule has 6 nitrogen and oxygen atoms in total. The first-order chi connectivity index (χ1) is 10.2. The highest BCUT2D eigenvalue weighted by Crippen LogP contribution is 2.16. The molecule has 2 aromatic heterocycles. The van der Waals surface area contributed by atoms with Crippen LogP contribution in [-0.4, -0.2) is 20.1 Å². The Balaban J connectivity index is 1.66. The van der Waals surface area contributed by atoms with Crippen LogP contribution in [-0.2, 0) is 12.8 Å². The highest BCUT2D eigenvalue weighted by Gasteiger charge is 2.16. The molecular weight excluding hydrogens is 334 g/mol. The van der Waals surface area contributed by atoms with E-state index in [2.05, 4.69) is 36.0 Å². The molecule has 3 rings (SSSR count).